The van der Waals surface area contributed by atoms with Crippen molar-refractivity contribution in [3.05, 3.63) is 35.9 Å². The van der Waals surface area contributed by atoms with Gasteiger partial charge in [-0.15, -0.1) is 0 Å². The molecule has 0 fully saturated rings. The molecule has 38 heavy (non-hydrogen) atoms. The Bertz CT molecular complexity index is 949. The number of aliphatic carboxylic acids is 1. The number of aliphatic imine (C=N–C) groups is 1. The molecule has 0 heterocycles. The van der Waals surface area contributed by atoms with Crippen LogP contribution in [0.25, 0.3) is 0 Å². The van der Waals surface area contributed by atoms with E-state index in [1.54, 1.807) is 38.1 Å². The summed E-state index contributed by atoms with van der Waals surface area (Å²) >= 11 is 0. The van der Waals surface area contributed by atoms with E-state index in [0.717, 1.165) is 5.56 Å². The fraction of sp³-hybridized carbons (Fsp3) is 0.577. The van der Waals surface area contributed by atoms with Gasteiger partial charge in [0.05, 0.1) is 6.04 Å². The molecule has 212 valence electrons. The van der Waals surface area contributed by atoms with Crippen molar-refractivity contribution in [3.63, 3.8) is 0 Å². The first-order valence-electron chi connectivity index (χ1n) is 12.8. The van der Waals surface area contributed by atoms with Gasteiger partial charge in [0.1, 0.15) is 18.1 Å². The minimum atomic E-state index is -1.19. The van der Waals surface area contributed by atoms with Crippen LogP contribution in [-0.2, 0) is 25.6 Å². The Morgan fingerprint density at radius 3 is 2.03 bits per heavy atom. The molecule has 0 radical (unpaired) electrons. The van der Waals surface area contributed by atoms with Crippen LogP contribution < -0.4 is 33.2 Å². The minimum Gasteiger partial charge on any atom is -0.480 e. The number of benzene rings is 1. The smallest absolute Gasteiger partial charge is 0.326 e. The molecular weight excluding hydrogens is 490 g/mol. The first-order valence-corrected chi connectivity index (χ1v) is 12.8. The van der Waals surface area contributed by atoms with E-state index in [1.807, 2.05) is 19.9 Å². The van der Waals surface area contributed by atoms with Gasteiger partial charge < -0.3 is 38.3 Å². The summed E-state index contributed by atoms with van der Waals surface area (Å²) in [5.74, 6) is -3.19. The molecule has 0 aliphatic rings. The lowest BCUT2D eigenvalue weighted by Crippen LogP contribution is -2.58. The molecule has 0 aromatic heterocycles. The second-order valence-corrected chi connectivity index (χ2v) is 10.1. The van der Waals surface area contributed by atoms with Crippen LogP contribution in [0, 0.1) is 11.8 Å². The highest BCUT2D eigenvalue weighted by Gasteiger charge is 2.32. The van der Waals surface area contributed by atoms with Crippen LogP contribution in [0.3, 0.4) is 0 Å². The summed E-state index contributed by atoms with van der Waals surface area (Å²) in [5.41, 5.74) is 17.4. The summed E-state index contributed by atoms with van der Waals surface area (Å²) in [6.45, 7) is 7.56. The Morgan fingerprint density at radius 2 is 1.50 bits per heavy atom. The molecule has 1 aromatic carbocycles. The lowest BCUT2D eigenvalue weighted by Gasteiger charge is -2.27. The van der Waals surface area contributed by atoms with Gasteiger partial charge in [0.2, 0.25) is 17.7 Å². The van der Waals surface area contributed by atoms with E-state index >= 15 is 0 Å². The molecule has 0 aliphatic carbocycles. The summed E-state index contributed by atoms with van der Waals surface area (Å²) in [7, 11) is 0. The number of hydrogen-bond acceptors (Lipinski definition) is 6. The first kappa shape index (κ1) is 32.4. The number of carbonyl (C=O) groups is 4. The number of guanidine groups is 1. The summed E-state index contributed by atoms with van der Waals surface area (Å²) in [6.07, 6.45) is 1.09. The summed E-state index contributed by atoms with van der Waals surface area (Å²) in [5, 5.41) is 17.5. The van der Waals surface area contributed by atoms with Crippen molar-refractivity contribution in [1.82, 2.24) is 16.0 Å². The van der Waals surface area contributed by atoms with E-state index in [4.69, 9.17) is 17.2 Å². The molecular formula is C26H43N7O5. The standard InChI is InChI=1S/C26H43N7O5/c1-15(2)13-18(27)22(34)31-19(11-8-12-30-26(28)29)23(35)33-21(16(3)4)24(36)32-20(25(37)38)14-17-9-6-5-7-10-17/h5-7,9-10,15-16,18-21H,8,11-14,27H2,1-4H3,(H,31,34)(H,32,36)(H,33,35)(H,37,38)(H4,28,29,30). The number of nitrogens with zero attached hydrogens (tertiary/aromatic N) is 1. The number of nitrogens with one attached hydrogen (secondary N) is 3. The summed E-state index contributed by atoms with van der Waals surface area (Å²) in [4.78, 5) is 54.7. The Balaban J connectivity index is 2.99. The van der Waals surface area contributed by atoms with Gasteiger partial charge in [-0.2, -0.15) is 0 Å². The van der Waals surface area contributed by atoms with E-state index in [2.05, 4.69) is 20.9 Å². The van der Waals surface area contributed by atoms with E-state index < -0.39 is 47.9 Å². The molecule has 0 bridgehead atoms. The van der Waals surface area contributed by atoms with Gasteiger partial charge in [0.15, 0.2) is 5.96 Å². The molecule has 0 aliphatic heterocycles. The van der Waals surface area contributed by atoms with Crippen molar-refractivity contribution in [2.24, 2.45) is 34.0 Å². The van der Waals surface area contributed by atoms with E-state index in [1.165, 1.54) is 0 Å². The first-order chi connectivity index (χ1) is 17.8. The number of carboxylic acids is 1. The Hall–Kier alpha value is -3.67. The highest BCUT2D eigenvalue weighted by molar-refractivity contribution is 5.94. The van der Waals surface area contributed by atoms with E-state index in [-0.39, 0.29) is 37.2 Å². The Labute approximate surface area is 224 Å². The molecule has 1 aromatic rings. The predicted octanol–water partition coefficient (Wildman–Crippen LogP) is -0.149. The summed E-state index contributed by atoms with van der Waals surface area (Å²) in [6, 6.07) is 4.87. The number of amides is 3. The average Bonchev–Trinajstić information content (AvgIpc) is 2.83. The topological polar surface area (TPSA) is 215 Å². The predicted molar refractivity (Wildman–Crippen MR) is 146 cm³/mol. The van der Waals surface area contributed by atoms with Gasteiger partial charge >= 0.3 is 5.97 Å². The van der Waals surface area contributed by atoms with Crippen LogP contribution in [0.2, 0.25) is 0 Å². The maximum absolute atomic E-state index is 13.2. The van der Waals surface area contributed by atoms with E-state index in [0.29, 0.717) is 12.8 Å². The lowest BCUT2D eigenvalue weighted by molar-refractivity contribution is -0.142. The normalized spacial score (nSPS) is 14.2. The van der Waals surface area contributed by atoms with Crippen LogP contribution in [-0.4, -0.2) is 65.5 Å². The van der Waals surface area contributed by atoms with Crippen molar-refractivity contribution in [2.75, 3.05) is 6.54 Å². The zero-order valence-electron chi connectivity index (χ0n) is 22.6. The maximum Gasteiger partial charge on any atom is 0.326 e. The molecule has 0 saturated carbocycles. The molecule has 4 atom stereocenters. The van der Waals surface area contributed by atoms with Crippen LogP contribution in [0.1, 0.15) is 52.5 Å². The minimum absolute atomic E-state index is 0.0812. The van der Waals surface area contributed by atoms with E-state index in [9.17, 15) is 24.3 Å². The van der Waals surface area contributed by atoms with Gasteiger partial charge in [-0.25, -0.2) is 4.79 Å². The lowest BCUT2D eigenvalue weighted by atomic mass is 10.00. The van der Waals surface area contributed by atoms with Crippen molar-refractivity contribution in [2.45, 2.75) is 77.5 Å². The fourth-order valence-electron chi connectivity index (χ4n) is 3.77. The van der Waals surface area contributed by atoms with Gasteiger partial charge in [0.25, 0.3) is 0 Å². The molecule has 3 amide bonds. The largest absolute Gasteiger partial charge is 0.480 e. The number of carbonyl (C=O) groups excluding carboxylic acids is 3. The third kappa shape index (κ3) is 12.0. The zero-order chi connectivity index (χ0) is 28.8. The fourth-order valence-corrected chi connectivity index (χ4v) is 3.77. The molecule has 0 spiro atoms. The maximum atomic E-state index is 13.2. The van der Waals surface area contributed by atoms with Gasteiger partial charge in [-0.1, -0.05) is 58.0 Å². The Morgan fingerprint density at radius 1 is 0.895 bits per heavy atom. The number of hydrogen-bond donors (Lipinski definition) is 7. The van der Waals surface area contributed by atoms with Gasteiger partial charge in [-0.3, -0.25) is 19.4 Å². The van der Waals surface area contributed by atoms with Crippen LogP contribution in [0.5, 0.6) is 0 Å². The monoisotopic (exact) mass is 533 g/mol. The highest BCUT2D eigenvalue weighted by atomic mass is 16.4. The zero-order valence-corrected chi connectivity index (χ0v) is 22.6. The van der Waals surface area contributed by atoms with Crippen molar-refractivity contribution in [1.29, 1.82) is 0 Å². The van der Waals surface area contributed by atoms with Crippen molar-refractivity contribution in [3.8, 4) is 0 Å². The SMILES string of the molecule is CC(C)CC(N)C(=O)NC(CCCN=C(N)N)C(=O)NC(C(=O)NC(Cc1ccccc1)C(=O)O)C(C)C. The molecule has 12 heteroatoms. The van der Waals surface area contributed by atoms with Crippen LogP contribution in [0.15, 0.2) is 35.3 Å². The quantitative estimate of drug-likeness (QED) is 0.0859. The molecule has 1 rings (SSSR count). The second kappa shape index (κ2) is 16.2. The Kier molecular flexibility index (Phi) is 13.8. The number of carboxylic acid groups (broad SMARTS) is 1. The van der Waals surface area contributed by atoms with Crippen molar-refractivity contribution < 1.29 is 24.3 Å². The second-order valence-electron chi connectivity index (χ2n) is 10.1. The summed E-state index contributed by atoms with van der Waals surface area (Å²) < 4.78 is 0. The molecule has 10 N–H and O–H groups in total. The number of rotatable bonds is 16. The highest BCUT2D eigenvalue weighted by Crippen LogP contribution is 2.09. The molecule has 0 saturated heterocycles. The van der Waals surface area contributed by atoms with Gasteiger partial charge in [0, 0.05) is 13.0 Å². The number of nitrogens with two attached hydrogens (primary N) is 3. The van der Waals surface area contributed by atoms with Crippen LogP contribution in [0.4, 0.5) is 0 Å². The molecule has 12 nitrogen and oxygen atoms in total. The third-order valence-corrected chi connectivity index (χ3v) is 5.78. The van der Waals surface area contributed by atoms with Crippen LogP contribution >= 0.6 is 0 Å². The molecule has 4 unspecified atom stereocenters. The third-order valence-electron chi connectivity index (χ3n) is 5.78. The van der Waals surface area contributed by atoms with Crippen molar-refractivity contribution >= 4 is 29.7 Å². The van der Waals surface area contributed by atoms with Gasteiger partial charge in [-0.05, 0) is 36.7 Å². The average molecular weight is 534 g/mol.